The highest BCUT2D eigenvalue weighted by Crippen LogP contribution is 2.19. The molecular weight excluding hydrogens is 402 g/mol. The number of rotatable bonds is 7. The minimum absolute atomic E-state index is 0.128. The molecule has 0 saturated heterocycles. The molecule has 0 aliphatic rings. The molecule has 0 bridgehead atoms. The summed E-state index contributed by atoms with van der Waals surface area (Å²) in [6.45, 7) is -0.128. The molecule has 0 heterocycles. The third kappa shape index (κ3) is 7.13. The lowest BCUT2D eigenvalue weighted by Crippen LogP contribution is -2.42. The molecule has 2 rings (SSSR count). The summed E-state index contributed by atoms with van der Waals surface area (Å²) in [5, 5.41) is 0.623. The van der Waals surface area contributed by atoms with E-state index >= 15 is 0 Å². The molecule has 148 valence electrons. The van der Waals surface area contributed by atoms with Crippen molar-refractivity contribution in [3.8, 4) is 5.75 Å². The van der Waals surface area contributed by atoms with Gasteiger partial charge in [0, 0.05) is 29.6 Å². The lowest BCUT2D eigenvalue weighted by molar-refractivity contribution is -0.130. The van der Waals surface area contributed by atoms with Gasteiger partial charge in [-0.3, -0.25) is 25.2 Å². The Hall–Kier alpha value is -2.71. The number of likely N-dealkylation sites (N-methyl/N-ethyl adjacent to an activating group) is 1. The van der Waals surface area contributed by atoms with Crippen LogP contribution in [0.1, 0.15) is 10.4 Å². The number of carbonyl (C=O) groups is 3. The second kappa shape index (κ2) is 10.6. The first-order chi connectivity index (χ1) is 13.3. The average molecular weight is 422 g/mol. The average Bonchev–Trinajstić information content (AvgIpc) is 2.69. The molecule has 0 saturated carbocycles. The van der Waals surface area contributed by atoms with Crippen molar-refractivity contribution in [2.45, 2.75) is 4.90 Å². The van der Waals surface area contributed by atoms with E-state index in [1.54, 1.807) is 44.4 Å². The van der Waals surface area contributed by atoms with Crippen molar-refractivity contribution >= 4 is 41.1 Å². The highest BCUT2D eigenvalue weighted by molar-refractivity contribution is 8.00. The monoisotopic (exact) mass is 421 g/mol. The van der Waals surface area contributed by atoms with Gasteiger partial charge in [0.25, 0.3) is 11.8 Å². The quantitative estimate of drug-likeness (QED) is 0.529. The fourth-order valence-electron chi connectivity index (χ4n) is 1.92. The van der Waals surface area contributed by atoms with Crippen molar-refractivity contribution < 1.29 is 19.1 Å². The Morgan fingerprint density at radius 2 is 1.79 bits per heavy atom. The molecule has 2 N–H and O–H groups in total. The van der Waals surface area contributed by atoms with Gasteiger partial charge in [0.1, 0.15) is 5.75 Å². The summed E-state index contributed by atoms with van der Waals surface area (Å²) in [6, 6.07) is 13.4. The summed E-state index contributed by atoms with van der Waals surface area (Å²) in [6.07, 6.45) is 0. The second-order valence-electron chi connectivity index (χ2n) is 5.85. The summed E-state index contributed by atoms with van der Waals surface area (Å²) in [7, 11) is 3.26. The standard InChI is InChI=1S/C19H20ClN3O4S/c1-23(2)18(25)11-27-15-5-3-4-13(10-15)19(26)22-21-17(24)12-28-16-8-6-14(20)7-9-16/h3-10H,11-12H2,1-2H3,(H,21,24)(H,22,26). The smallest absolute Gasteiger partial charge is 0.269 e. The molecule has 0 atom stereocenters. The van der Waals surface area contributed by atoms with E-state index in [1.807, 2.05) is 12.1 Å². The number of hydrogen-bond acceptors (Lipinski definition) is 5. The SMILES string of the molecule is CN(C)C(=O)COc1cccc(C(=O)NNC(=O)CSc2ccc(Cl)cc2)c1. The summed E-state index contributed by atoms with van der Waals surface area (Å²) in [4.78, 5) is 37.9. The Bertz CT molecular complexity index is 843. The number of nitrogens with zero attached hydrogens (tertiary/aromatic N) is 1. The number of amides is 3. The minimum Gasteiger partial charge on any atom is -0.484 e. The number of carbonyl (C=O) groups excluding carboxylic acids is 3. The first-order valence-corrected chi connectivity index (χ1v) is 9.62. The predicted octanol–water partition coefficient (Wildman–Crippen LogP) is 2.36. The van der Waals surface area contributed by atoms with Crippen LogP contribution in [0.5, 0.6) is 5.75 Å². The molecule has 7 nitrogen and oxygen atoms in total. The van der Waals surface area contributed by atoms with Crippen molar-refractivity contribution in [2.75, 3.05) is 26.5 Å². The fraction of sp³-hybridized carbons (Fsp3) is 0.211. The van der Waals surface area contributed by atoms with Crippen LogP contribution in [0.4, 0.5) is 0 Å². The summed E-state index contributed by atoms with van der Waals surface area (Å²) >= 11 is 7.13. The topological polar surface area (TPSA) is 87.7 Å². The van der Waals surface area contributed by atoms with Crippen molar-refractivity contribution in [1.82, 2.24) is 15.8 Å². The van der Waals surface area contributed by atoms with Gasteiger partial charge >= 0.3 is 0 Å². The molecule has 0 spiro atoms. The number of nitrogens with one attached hydrogen (secondary N) is 2. The Morgan fingerprint density at radius 1 is 1.07 bits per heavy atom. The van der Waals surface area contributed by atoms with E-state index in [-0.39, 0.29) is 24.2 Å². The largest absolute Gasteiger partial charge is 0.484 e. The zero-order chi connectivity index (χ0) is 20.5. The summed E-state index contributed by atoms with van der Waals surface area (Å²) in [5.41, 5.74) is 5.00. The van der Waals surface area contributed by atoms with Crippen molar-refractivity contribution in [3.05, 3.63) is 59.1 Å². The first-order valence-electron chi connectivity index (χ1n) is 8.25. The predicted molar refractivity (Wildman–Crippen MR) is 108 cm³/mol. The van der Waals surface area contributed by atoms with E-state index in [2.05, 4.69) is 10.9 Å². The van der Waals surface area contributed by atoms with Crippen LogP contribution in [0.2, 0.25) is 5.02 Å². The van der Waals surface area contributed by atoms with Crippen LogP contribution in [-0.4, -0.2) is 49.1 Å². The molecule has 9 heteroatoms. The normalized spacial score (nSPS) is 10.1. The van der Waals surface area contributed by atoms with Gasteiger partial charge in [-0.25, -0.2) is 0 Å². The van der Waals surface area contributed by atoms with Gasteiger partial charge in [0.2, 0.25) is 5.91 Å². The van der Waals surface area contributed by atoms with Crippen LogP contribution in [0.25, 0.3) is 0 Å². The summed E-state index contributed by atoms with van der Waals surface area (Å²) in [5.74, 6) is -0.517. The van der Waals surface area contributed by atoms with Gasteiger partial charge in [-0.15, -0.1) is 11.8 Å². The maximum Gasteiger partial charge on any atom is 0.269 e. The molecule has 0 fully saturated rings. The molecule has 3 amide bonds. The van der Waals surface area contributed by atoms with E-state index in [0.717, 1.165) is 4.90 Å². The number of hydrazine groups is 1. The molecule has 28 heavy (non-hydrogen) atoms. The third-order valence-electron chi connectivity index (χ3n) is 3.46. The molecular formula is C19H20ClN3O4S. The zero-order valence-corrected chi connectivity index (χ0v) is 17.0. The van der Waals surface area contributed by atoms with Gasteiger partial charge < -0.3 is 9.64 Å². The molecule has 0 radical (unpaired) electrons. The van der Waals surface area contributed by atoms with E-state index in [1.165, 1.54) is 22.7 Å². The lowest BCUT2D eigenvalue weighted by atomic mass is 10.2. The Labute approximate surface area is 172 Å². The zero-order valence-electron chi connectivity index (χ0n) is 15.4. The molecule has 2 aromatic rings. The molecule has 2 aromatic carbocycles. The number of thioether (sulfide) groups is 1. The summed E-state index contributed by atoms with van der Waals surface area (Å²) < 4.78 is 5.37. The highest BCUT2D eigenvalue weighted by Gasteiger charge is 2.10. The van der Waals surface area contributed by atoms with Gasteiger partial charge in [-0.05, 0) is 42.5 Å². The lowest BCUT2D eigenvalue weighted by Gasteiger charge is -2.12. The van der Waals surface area contributed by atoms with Gasteiger partial charge in [0.05, 0.1) is 5.75 Å². The Kier molecular flexibility index (Phi) is 8.16. The second-order valence-corrected chi connectivity index (χ2v) is 7.33. The Morgan fingerprint density at radius 3 is 2.46 bits per heavy atom. The van der Waals surface area contributed by atoms with E-state index < -0.39 is 5.91 Å². The molecule has 0 aromatic heterocycles. The van der Waals surface area contributed by atoms with Gasteiger partial charge in [-0.2, -0.15) is 0 Å². The number of hydrogen-bond donors (Lipinski definition) is 2. The maximum atomic E-state index is 12.2. The fourth-order valence-corrected chi connectivity index (χ4v) is 2.74. The molecule has 0 unspecified atom stereocenters. The maximum absolute atomic E-state index is 12.2. The Balaban J connectivity index is 1.80. The van der Waals surface area contributed by atoms with Crippen LogP contribution < -0.4 is 15.6 Å². The number of halogens is 1. The van der Waals surface area contributed by atoms with Gasteiger partial charge in [0.15, 0.2) is 6.61 Å². The van der Waals surface area contributed by atoms with Crippen LogP contribution in [0.3, 0.4) is 0 Å². The minimum atomic E-state index is -0.491. The molecule has 0 aliphatic carbocycles. The third-order valence-corrected chi connectivity index (χ3v) is 4.72. The van der Waals surface area contributed by atoms with Crippen LogP contribution in [0, 0.1) is 0 Å². The van der Waals surface area contributed by atoms with Crippen molar-refractivity contribution in [1.29, 1.82) is 0 Å². The number of ether oxygens (including phenoxy) is 1. The first kappa shape index (κ1) is 21.6. The van der Waals surface area contributed by atoms with Crippen molar-refractivity contribution in [2.24, 2.45) is 0 Å². The van der Waals surface area contributed by atoms with E-state index in [9.17, 15) is 14.4 Å². The number of benzene rings is 2. The van der Waals surface area contributed by atoms with Crippen molar-refractivity contribution in [3.63, 3.8) is 0 Å². The highest BCUT2D eigenvalue weighted by atomic mass is 35.5. The van der Waals surface area contributed by atoms with Crippen LogP contribution >= 0.6 is 23.4 Å². The van der Waals surface area contributed by atoms with Crippen LogP contribution in [-0.2, 0) is 9.59 Å². The van der Waals surface area contributed by atoms with Gasteiger partial charge in [-0.1, -0.05) is 17.7 Å². The molecule has 0 aliphatic heterocycles. The van der Waals surface area contributed by atoms with Crippen LogP contribution in [0.15, 0.2) is 53.4 Å². The van der Waals surface area contributed by atoms with E-state index in [0.29, 0.717) is 16.3 Å². The van der Waals surface area contributed by atoms with E-state index in [4.69, 9.17) is 16.3 Å².